The Hall–Kier alpha value is -1.18. The second-order valence-electron chi connectivity index (χ2n) is 4.91. The summed E-state index contributed by atoms with van der Waals surface area (Å²) in [6.07, 6.45) is 2.03. The molecule has 0 saturated heterocycles. The Morgan fingerprint density at radius 2 is 2.00 bits per heavy atom. The molecule has 0 fully saturated rings. The van der Waals surface area contributed by atoms with E-state index in [0.717, 1.165) is 28.5 Å². The highest BCUT2D eigenvalue weighted by molar-refractivity contribution is 6.33. The van der Waals surface area contributed by atoms with Gasteiger partial charge in [0.05, 0.1) is 6.04 Å². The molecule has 3 heteroatoms. The Morgan fingerprint density at radius 3 is 2.79 bits per heavy atom. The summed E-state index contributed by atoms with van der Waals surface area (Å²) in [6.45, 7) is 2.18. The van der Waals surface area contributed by atoms with E-state index in [1.807, 2.05) is 18.2 Å². The Bertz CT molecular complexity index is 622. The quantitative estimate of drug-likeness (QED) is 0.795. The molecule has 98 valence electrons. The van der Waals surface area contributed by atoms with Gasteiger partial charge in [-0.15, -0.1) is 0 Å². The van der Waals surface area contributed by atoms with Gasteiger partial charge in [0, 0.05) is 15.7 Å². The first kappa shape index (κ1) is 12.8. The number of hydrogen-bond donors (Lipinski definition) is 1. The predicted molar refractivity (Wildman–Crippen MR) is 82.3 cm³/mol. The summed E-state index contributed by atoms with van der Waals surface area (Å²) >= 11 is 12.3. The summed E-state index contributed by atoms with van der Waals surface area (Å²) in [5, 5.41) is 5.02. The molecule has 0 radical (unpaired) electrons. The minimum Gasteiger partial charge on any atom is -0.378 e. The molecule has 1 heterocycles. The molecular weight excluding hydrogens is 277 g/mol. The van der Waals surface area contributed by atoms with Crippen molar-refractivity contribution in [1.29, 1.82) is 0 Å². The number of benzene rings is 2. The second kappa shape index (κ2) is 5.07. The lowest BCUT2D eigenvalue weighted by molar-refractivity contribution is 0.824. The molecule has 0 amide bonds. The summed E-state index contributed by atoms with van der Waals surface area (Å²) in [5.41, 5.74) is 5.01. The molecule has 0 aliphatic carbocycles. The van der Waals surface area contributed by atoms with Crippen molar-refractivity contribution in [2.75, 3.05) is 5.32 Å². The molecule has 1 atom stereocenters. The van der Waals surface area contributed by atoms with Gasteiger partial charge in [-0.2, -0.15) is 0 Å². The molecule has 3 rings (SSSR count). The molecule has 2 aromatic carbocycles. The third-order valence-electron chi connectivity index (χ3n) is 3.67. The molecule has 1 unspecified atom stereocenters. The van der Waals surface area contributed by atoms with Crippen LogP contribution in [0, 0.1) is 0 Å². The first-order valence-corrected chi connectivity index (χ1v) is 7.26. The van der Waals surface area contributed by atoms with E-state index >= 15 is 0 Å². The van der Waals surface area contributed by atoms with Gasteiger partial charge in [0.15, 0.2) is 0 Å². The number of aryl methyl sites for hydroxylation is 1. The van der Waals surface area contributed by atoms with Crippen molar-refractivity contribution in [3.8, 4) is 0 Å². The highest BCUT2D eigenvalue weighted by Gasteiger charge is 2.24. The molecular formula is C16H15Cl2N. The van der Waals surface area contributed by atoms with Crippen LogP contribution in [-0.4, -0.2) is 0 Å². The van der Waals surface area contributed by atoms with Crippen LogP contribution in [0.3, 0.4) is 0 Å². The van der Waals surface area contributed by atoms with Crippen LogP contribution >= 0.6 is 23.2 Å². The van der Waals surface area contributed by atoms with E-state index in [9.17, 15) is 0 Å². The first-order valence-electron chi connectivity index (χ1n) is 6.50. The van der Waals surface area contributed by atoms with Gasteiger partial charge in [-0.1, -0.05) is 42.3 Å². The Labute approximate surface area is 123 Å². The highest BCUT2D eigenvalue weighted by atomic mass is 35.5. The fraction of sp³-hybridized carbons (Fsp3) is 0.250. The lowest BCUT2D eigenvalue weighted by Crippen LogP contribution is -2.06. The molecule has 0 bridgehead atoms. The minimum atomic E-state index is 0.216. The zero-order valence-electron chi connectivity index (χ0n) is 10.7. The van der Waals surface area contributed by atoms with Gasteiger partial charge in [-0.25, -0.2) is 0 Å². The third kappa shape index (κ3) is 2.45. The number of nitrogens with one attached hydrogen (secondary N) is 1. The fourth-order valence-electron chi connectivity index (χ4n) is 2.60. The maximum atomic E-state index is 6.28. The average Bonchev–Trinajstić information content (AvgIpc) is 2.83. The van der Waals surface area contributed by atoms with Gasteiger partial charge in [-0.05, 0) is 53.8 Å². The van der Waals surface area contributed by atoms with Crippen LogP contribution in [0.4, 0.5) is 5.69 Å². The number of hydrogen-bond acceptors (Lipinski definition) is 1. The van der Waals surface area contributed by atoms with E-state index in [2.05, 4.69) is 30.4 Å². The average molecular weight is 292 g/mol. The fourth-order valence-corrected chi connectivity index (χ4v) is 3.03. The van der Waals surface area contributed by atoms with Gasteiger partial charge in [0.2, 0.25) is 0 Å². The van der Waals surface area contributed by atoms with Crippen LogP contribution < -0.4 is 5.32 Å². The van der Waals surface area contributed by atoms with Crippen molar-refractivity contribution in [2.45, 2.75) is 25.8 Å². The van der Waals surface area contributed by atoms with Gasteiger partial charge >= 0.3 is 0 Å². The summed E-state index contributed by atoms with van der Waals surface area (Å²) in [7, 11) is 0. The van der Waals surface area contributed by atoms with Crippen LogP contribution in [0.25, 0.3) is 0 Å². The summed E-state index contributed by atoms with van der Waals surface area (Å²) in [6, 6.07) is 12.5. The van der Waals surface area contributed by atoms with Crippen LogP contribution in [0.5, 0.6) is 0 Å². The van der Waals surface area contributed by atoms with Gasteiger partial charge < -0.3 is 5.32 Å². The Kier molecular flexibility index (Phi) is 3.42. The van der Waals surface area contributed by atoms with Crippen molar-refractivity contribution in [2.24, 2.45) is 0 Å². The molecule has 0 aromatic heterocycles. The largest absolute Gasteiger partial charge is 0.378 e. The standard InChI is InChI=1S/C16H15Cl2N/c1-2-10-3-6-15-11(7-10)8-16(19-15)13-9-12(17)4-5-14(13)18/h3-7,9,16,19H,2,8H2,1H3. The smallest absolute Gasteiger partial charge is 0.0570 e. The second-order valence-corrected chi connectivity index (χ2v) is 5.76. The third-order valence-corrected chi connectivity index (χ3v) is 4.24. The molecule has 1 aliphatic rings. The van der Waals surface area contributed by atoms with E-state index in [-0.39, 0.29) is 6.04 Å². The van der Waals surface area contributed by atoms with Crippen LogP contribution in [0.2, 0.25) is 10.0 Å². The number of rotatable bonds is 2. The van der Waals surface area contributed by atoms with Crippen LogP contribution in [0.1, 0.15) is 29.7 Å². The monoisotopic (exact) mass is 291 g/mol. The Morgan fingerprint density at radius 1 is 1.16 bits per heavy atom. The lowest BCUT2D eigenvalue weighted by atomic mass is 10.0. The van der Waals surface area contributed by atoms with Crippen LogP contribution in [-0.2, 0) is 12.8 Å². The first-order chi connectivity index (χ1) is 9.17. The zero-order chi connectivity index (χ0) is 13.4. The van der Waals surface area contributed by atoms with Crippen molar-refractivity contribution in [1.82, 2.24) is 0 Å². The van der Waals surface area contributed by atoms with E-state index in [0.29, 0.717) is 0 Å². The zero-order valence-corrected chi connectivity index (χ0v) is 12.2. The van der Waals surface area contributed by atoms with Crippen molar-refractivity contribution < 1.29 is 0 Å². The van der Waals surface area contributed by atoms with E-state index in [1.165, 1.54) is 16.8 Å². The molecule has 1 nitrogen and oxygen atoms in total. The predicted octanol–water partition coefficient (Wildman–Crippen LogP) is 5.27. The summed E-state index contributed by atoms with van der Waals surface area (Å²) in [4.78, 5) is 0. The van der Waals surface area contributed by atoms with Crippen molar-refractivity contribution >= 4 is 28.9 Å². The molecule has 1 N–H and O–H groups in total. The Balaban J connectivity index is 1.93. The van der Waals surface area contributed by atoms with E-state index < -0.39 is 0 Å². The van der Waals surface area contributed by atoms with E-state index in [1.54, 1.807) is 0 Å². The van der Waals surface area contributed by atoms with Crippen molar-refractivity contribution in [3.63, 3.8) is 0 Å². The summed E-state index contributed by atoms with van der Waals surface area (Å²) < 4.78 is 0. The number of halogens is 2. The molecule has 2 aromatic rings. The number of fused-ring (bicyclic) bond motifs is 1. The van der Waals surface area contributed by atoms with Crippen LogP contribution in [0.15, 0.2) is 36.4 Å². The highest BCUT2D eigenvalue weighted by Crippen LogP contribution is 2.38. The normalized spacial score (nSPS) is 17.1. The molecule has 0 spiro atoms. The topological polar surface area (TPSA) is 12.0 Å². The molecule has 19 heavy (non-hydrogen) atoms. The van der Waals surface area contributed by atoms with Gasteiger partial charge in [-0.3, -0.25) is 0 Å². The van der Waals surface area contributed by atoms with Crippen molar-refractivity contribution in [3.05, 3.63) is 63.1 Å². The minimum absolute atomic E-state index is 0.216. The SMILES string of the molecule is CCc1ccc2c(c1)CC(c1cc(Cl)ccc1Cl)N2. The van der Waals surface area contributed by atoms with Gasteiger partial charge in [0.25, 0.3) is 0 Å². The molecule has 1 aliphatic heterocycles. The van der Waals surface area contributed by atoms with Gasteiger partial charge in [0.1, 0.15) is 0 Å². The summed E-state index contributed by atoms with van der Waals surface area (Å²) in [5.74, 6) is 0. The lowest BCUT2D eigenvalue weighted by Gasteiger charge is -2.13. The maximum Gasteiger partial charge on any atom is 0.0570 e. The molecule has 0 saturated carbocycles. The number of anilines is 1. The van der Waals surface area contributed by atoms with E-state index in [4.69, 9.17) is 23.2 Å². The maximum absolute atomic E-state index is 6.28.